The van der Waals surface area contributed by atoms with Crippen LogP contribution in [0.1, 0.15) is 10.4 Å². The zero-order chi connectivity index (χ0) is 15.6. The SMILES string of the molecule is O=C(Nc1ccccc1Br)c1cc([N+](=O)[O-])cc(Cl)c1Cl. The van der Waals surface area contributed by atoms with E-state index in [1.165, 1.54) is 0 Å². The van der Waals surface area contributed by atoms with Crippen molar-refractivity contribution in [2.45, 2.75) is 0 Å². The number of halogens is 3. The average Bonchev–Trinajstić information content (AvgIpc) is 2.43. The first-order valence-corrected chi connectivity index (χ1v) is 7.14. The number of rotatable bonds is 3. The number of nitrogens with zero attached hydrogens (tertiary/aromatic N) is 1. The Morgan fingerprint density at radius 1 is 1.24 bits per heavy atom. The Bertz CT molecular complexity index is 737. The van der Waals surface area contributed by atoms with Gasteiger partial charge in [-0.1, -0.05) is 35.3 Å². The summed E-state index contributed by atoms with van der Waals surface area (Å²) in [7, 11) is 0. The molecule has 21 heavy (non-hydrogen) atoms. The lowest BCUT2D eigenvalue weighted by Gasteiger charge is -2.09. The van der Waals surface area contributed by atoms with Gasteiger partial charge < -0.3 is 5.32 Å². The first kappa shape index (κ1) is 15.8. The van der Waals surface area contributed by atoms with Crippen LogP contribution in [0, 0.1) is 10.1 Å². The summed E-state index contributed by atoms with van der Waals surface area (Å²) in [5.41, 5.74) is 0.148. The third-order valence-corrected chi connectivity index (χ3v) is 4.08. The number of carbonyl (C=O) groups is 1. The smallest absolute Gasteiger partial charge is 0.271 e. The first-order chi connectivity index (χ1) is 9.90. The van der Waals surface area contributed by atoms with Crippen LogP contribution in [0.2, 0.25) is 10.0 Å². The fourth-order valence-electron chi connectivity index (χ4n) is 1.60. The van der Waals surface area contributed by atoms with Crippen molar-refractivity contribution in [1.82, 2.24) is 0 Å². The number of amides is 1. The molecule has 2 rings (SSSR count). The van der Waals surface area contributed by atoms with Crippen LogP contribution < -0.4 is 5.32 Å². The molecule has 1 amide bonds. The van der Waals surface area contributed by atoms with Crippen LogP contribution in [0.3, 0.4) is 0 Å². The van der Waals surface area contributed by atoms with Crippen LogP contribution in [-0.4, -0.2) is 10.8 Å². The van der Waals surface area contributed by atoms with Gasteiger partial charge in [-0.05, 0) is 28.1 Å². The number of nitro groups is 1. The molecule has 0 radical (unpaired) electrons. The molecule has 0 heterocycles. The summed E-state index contributed by atoms with van der Waals surface area (Å²) in [5.74, 6) is -0.586. The molecule has 0 saturated heterocycles. The number of nitrogens with one attached hydrogen (secondary N) is 1. The molecule has 2 aromatic rings. The summed E-state index contributed by atoms with van der Waals surface area (Å²) in [6, 6.07) is 9.13. The van der Waals surface area contributed by atoms with Crippen molar-refractivity contribution < 1.29 is 9.72 Å². The van der Waals surface area contributed by atoms with Gasteiger partial charge in [0.1, 0.15) is 0 Å². The van der Waals surface area contributed by atoms with Gasteiger partial charge in [-0.2, -0.15) is 0 Å². The summed E-state index contributed by atoms with van der Waals surface area (Å²) in [4.78, 5) is 22.4. The topological polar surface area (TPSA) is 72.2 Å². The molecule has 0 aliphatic carbocycles. The standard InChI is InChI=1S/C13H7BrCl2N2O3/c14-9-3-1-2-4-11(9)17-13(19)8-5-7(18(20)21)6-10(15)12(8)16/h1-6H,(H,17,19). The molecule has 5 nitrogen and oxygen atoms in total. The van der Waals surface area contributed by atoms with Crippen molar-refractivity contribution in [3.8, 4) is 0 Å². The monoisotopic (exact) mass is 388 g/mol. The summed E-state index contributed by atoms with van der Waals surface area (Å²) >= 11 is 15.0. The summed E-state index contributed by atoms with van der Waals surface area (Å²) in [6.07, 6.45) is 0. The largest absolute Gasteiger partial charge is 0.321 e. The fourth-order valence-corrected chi connectivity index (χ4v) is 2.39. The molecule has 0 aliphatic rings. The normalized spacial score (nSPS) is 10.2. The maximum atomic E-state index is 12.2. The highest BCUT2D eigenvalue weighted by atomic mass is 79.9. The van der Waals surface area contributed by atoms with Crippen LogP contribution in [0.5, 0.6) is 0 Å². The zero-order valence-corrected chi connectivity index (χ0v) is 13.4. The van der Waals surface area contributed by atoms with Crippen molar-refractivity contribution in [2.75, 3.05) is 5.32 Å². The van der Waals surface area contributed by atoms with Gasteiger partial charge in [0.05, 0.1) is 26.2 Å². The highest BCUT2D eigenvalue weighted by Gasteiger charge is 2.20. The van der Waals surface area contributed by atoms with Crippen LogP contribution in [-0.2, 0) is 0 Å². The van der Waals surface area contributed by atoms with Crippen molar-refractivity contribution in [1.29, 1.82) is 0 Å². The lowest BCUT2D eigenvalue weighted by Crippen LogP contribution is -2.13. The summed E-state index contributed by atoms with van der Waals surface area (Å²) in [6.45, 7) is 0. The molecule has 108 valence electrons. The number of hydrogen-bond donors (Lipinski definition) is 1. The molecule has 0 aliphatic heterocycles. The first-order valence-electron chi connectivity index (χ1n) is 5.59. The minimum atomic E-state index is -0.641. The Hall–Kier alpha value is -1.63. The molecule has 0 unspecified atom stereocenters. The van der Waals surface area contributed by atoms with Gasteiger partial charge in [0.15, 0.2) is 0 Å². The Labute approximate surface area is 138 Å². The highest BCUT2D eigenvalue weighted by molar-refractivity contribution is 9.10. The lowest BCUT2D eigenvalue weighted by atomic mass is 10.1. The second kappa shape index (κ2) is 6.43. The van der Waals surface area contributed by atoms with Crippen molar-refractivity contribution in [2.24, 2.45) is 0 Å². The number of hydrogen-bond acceptors (Lipinski definition) is 3. The van der Waals surface area contributed by atoms with E-state index in [1.807, 2.05) is 0 Å². The van der Waals surface area contributed by atoms with Crippen molar-refractivity contribution in [3.63, 3.8) is 0 Å². The van der Waals surface area contributed by atoms with E-state index in [0.717, 1.165) is 12.1 Å². The number of para-hydroxylation sites is 1. The third kappa shape index (κ3) is 3.53. The molecule has 0 atom stereocenters. The van der Waals surface area contributed by atoms with Gasteiger partial charge >= 0.3 is 0 Å². The zero-order valence-electron chi connectivity index (χ0n) is 10.3. The molecule has 8 heteroatoms. The van der Waals surface area contributed by atoms with E-state index < -0.39 is 10.8 Å². The molecule has 0 spiro atoms. The highest BCUT2D eigenvalue weighted by Crippen LogP contribution is 2.32. The van der Waals surface area contributed by atoms with E-state index in [4.69, 9.17) is 23.2 Å². The van der Waals surface area contributed by atoms with Gasteiger partial charge in [-0.3, -0.25) is 14.9 Å². The number of non-ortho nitro benzene ring substituents is 1. The van der Waals surface area contributed by atoms with Crippen LogP contribution in [0.15, 0.2) is 40.9 Å². The Balaban J connectivity index is 2.39. The molecule has 0 fully saturated rings. The molecule has 0 bridgehead atoms. The molecule has 2 aromatic carbocycles. The number of benzene rings is 2. The van der Waals surface area contributed by atoms with Crippen molar-refractivity contribution >= 4 is 56.4 Å². The van der Waals surface area contributed by atoms with Crippen molar-refractivity contribution in [3.05, 3.63) is 66.6 Å². The van der Waals surface area contributed by atoms with E-state index in [-0.39, 0.29) is 21.3 Å². The lowest BCUT2D eigenvalue weighted by molar-refractivity contribution is -0.384. The van der Waals surface area contributed by atoms with Gasteiger partial charge in [0.25, 0.3) is 11.6 Å². The van der Waals surface area contributed by atoms with Gasteiger partial charge in [-0.15, -0.1) is 0 Å². The van der Waals surface area contributed by atoms with Crippen LogP contribution in [0.4, 0.5) is 11.4 Å². The number of anilines is 1. The quantitative estimate of drug-likeness (QED) is 0.598. The minimum absolute atomic E-state index is 0.0354. The second-order valence-electron chi connectivity index (χ2n) is 3.98. The van der Waals surface area contributed by atoms with E-state index in [9.17, 15) is 14.9 Å². The Morgan fingerprint density at radius 2 is 1.90 bits per heavy atom. The Kier molecular flexibility index (Phi) is 4.82. The van der Waals surface area contributed by atoms with Crippen LogP contribution >= 0.6 is 39.1 Å². The van der Waals surface area contributed by atoms with E-state index >= 15 is 0 Å². The molecular formula is C13H7BrCl2N2O3. The molecular weight excluding hydrogens is 383 g/mol. The number of carbonyl (C=O) groups excluding carboxylic acids is 1. The van der Waals surface area contributed by atoms with E-state index in [0.29, 0.717) is 10.2 Å². The fraction of sp³-hybridized carbons (Fsp3) is 0. The predicted molar refractivity (Wildman–Crippen MR) is 85.2 cm³/mol. The second-order valence-corrected chi connectivity index (χ2v) is 5.62. The van der Waals surface area contributed by atoms with Crippen LogP contribution in [0.25, 0.3) is 0 Å². The maximum Gasteiger partial charge on any atom is 0.271 e. The molecule has 0 aromatic heterocycles. The van der Waals surface area contributed by atoms with Gasteiger partial charge in [-0.25, -0.2) is 0 Å². The van der Waals surface area contributed by atoms with E-state index in [1.54, 1.807) is 24.3 Å². The maximum absolute atomic E-state index is 12.2. The van der Waals surface area contributed by atoms with Gasteiger partial charge in [0.2, 0.25) is 0 Å². The predicted octanol–water partition coefficient (Wildman–Crippen LogP) is 4.92. The number of nitro benzene ring substituents is 1. The summed E-state index contributed by atoms with van der Waals surface area (Å²) < 4.78 is 0.672. The van der Waals surface area contributed by atoms with E-state index in [2.05, 4.69) is 21.2 Å². The average molecular weight is 390 g/mol. The molecule has 1 N–H and O–H groups in total. The minimum Gasteiger partial charge on any atom is -0.321 e. The third-order valence-electron chi connectivity index (χ3n) is 2.59. The Morgan fingerprint density at radius 3 is 2.52 bits per heavy atom. The molecule has 0 saturated carbocycles. The van der Waals surface area contributed by atoms with Gasteiger partial charge in [0, 0.05) is 16.6 Å². The summed E-state index contributed by atoms with van der Waals surface area (Å²) in [5, 5.41) is 13.3.